The van der Waals surface area contributed by atoms with Gasteiger partial charge in [0.2, 0.25) is 0 Å². The van der Waals surface area contributed by atoms with Crippen molar-refractivity contribution in [3.8, 4) is 0 Å². The van der Waals surface area contributed by atoms with E-state index in [9.17, 15) is 9.90 Å². The normalized spacial score (nSPS) is 20.5. The molecule has 0 bridgehead atoms. The van der Waals surface area contributed by atoms with Gasteiger partial charge < -0.3 is 5.11 Å². The molecule has 1 aliphatic rings. The molecule has 0 aromatic carbocycles. The number of carbonyl (C=O) groups is 1. The summed E-state index contributed by atoms with van der Waals surface area (Å²) < 4.78 is 0. The topological polar surface area (TPSA) is 40.5 Å². The van der Waals surface area contributed by atoms with Crippen LogP contribution in [0.5, 0.6) is 0 Å². The molecule has 15 heavy (non-hydrogen) atoms. The molecule has 0 radical (unpaired) electrons. The highest BCUT2D eigenvalue weighted by Gasteiger charge is 2.21. The molecule has 3 heteroatoms. The zero-order valence-corrected chi connectivity index (χ0v) is 9.91. The van der Waals surface area contributed by atoms with Gasteiger partial charge in [0.25, 0.3) is 0 Å². The van der Waals surface area contributed by atoms with Gasteiger partial charge in [-0.2, -0.15) is 0 Å². The van der Waals surface area contributed by atoms with Crippen molar-refractivity contribution in [2.24, 2.45) is 5.92 Å². The number of likely N-dealkylation sites (N-methyl/N-ethyl adjacent to an activating group) is 1. The first kappa shape index (κ1) is 12.7. The standard InChI is InChI=1S/C12H23NO2/c1-10(14)8-13(2)9-12(15)11-6-4-3-5-7-11/h10-11,14H,3-9H2,1-2H3. The molecule has 0 aromatic heterocycles. The van der Waals surface area contributed by atoms with E-state index in [1.54, 1.807) is 6.92 Å². The molecule has 0 heterocycles. The molecule has 0 aromatic rings. The minimum Gasteiger partial charge on any atom is -0.392 e. The zero-order valence-electron chi connectivity index (χ0n) is 9.91. The smallest absolute Gasteiger partial charge is 0.149 e. The third kappa shape index (κ3) is 4.76. The summed E-state index contributed by atoms with van der Waals surface area (Å²) in [6, 6.07) is 0. The van der Waals surface area contributed by atoms with Gasteiger partial charge in [-0.1, -0.05) is 19.3 Å². The van der Waals surface area contributed by atoms with Gasteiger partial charge in [-0.15, -0.1) is 0 Å². The maximum Gasteiger partial charge on any atom is 0.149 e. The van der Waals surface area contributed by atoms with Gasteiger partial charge in [-0.05, 0) is 26.8 Å². The SMILES string of the molecule is CC(O)CN(C)CC(=O)C1CCCCC1. The Morgan fingerprint density at radius 1 is 1.40 bits per heavy atom. The Morgan fingerprint density at radius 3 is 2.53 bits per heavy atom. The average molecular weight is 213 g/mol. The van der Waals surface area contributed by atoms with E-state index in [1.165, 1.54) is 19.3 Å². The van der Waals surface area contributed by atoms with Gasteiger partial charge in [0.15, 0.2) is 0 Å². The number of ketones is 1. The minimum atomic E-state index is -0.353. The summed E-state index contributed by atoms with van der Waals surface area (Å²) in [4.78, 5) is 13.8. The molecular formula is C12H23NO2. The summed E-state index contributed by atoms with van der Waals surface area (Å²) in [5.41, 5.74) is 0. The van der Waals surface area contributed by atoms with Crippen molar-refractivity contribution in [3.63, 3.8) is 0 Å². The predicted octanol–water partition coefficient (Wildman–Crippen LogP) is 1.45. The van der Waals surface area contributed by atoms with Crippen molar-refractivity contribution in [2.75, 3.05) is 20.1 Å². The third-order valence-electron chi connectivity index (χ3n) is 3.06. The number of hydrogen-bond donors (Lipinski definition) is 1. The second-order valence-corrected chi connectivity index (χ2v) is 4.85. The van der Waals surface area contributed by atoms with Crippen LogP contribution in [0.3, 0.4) is 0 Å². The van der Waals surface area contributed by atoms with Gasteiger partial charge >= 0.3 is 0 Å². The summed E-state index contributed by atoms with van der Waals surface area (Å²) >= 11 is 0. The summed E-state index contributed by atoms with van der Waals surface area (Å²) in [7, 11) is 1.90. The molecule has 1 fully saturated rings. The molecular weight excluding hydrogens is 190 g/mol. The quantitative estimate of drug-likeness (QED) is 0.751. The van der Waals surface area contributed by atoms with Crippen LogP contribution in [0, 0.1) is 5.92 Å². The number of aliphatic hydroxyl groups is 1. The second-order valence-electron chi connectivity index (χ2n) is 4.85. The number of Topliss-reactive ketones (excluding diaryl/α,β-unsaturated/α-hetero) is 1. The predicted molar refractivity (Wildman–Crippen MR) is 60.8 cm³/mol. The van der Waals surface area contributed by atoms with Crippen LogP contribution in [0.2, 0.25) is 0 Å². The first-order chi connectivity index (χ1) is 7.09. The van der Waals surface area contributed by atoms with Crippen molar-refractivity contribution in [3.05, 3.63) is 0 Å². The van der Waals surface area contributed by atoms with Crippen LogP contribution in [-0.2, 0) is 4.79 Å². The minimum absolute atomic E-state index is 0.287. The van der Waals surface area contributed by atoms with Gasteiger partial charge in [0.1, 0.15) is 5.78 Å². The molecule has 88 valence electrons. The van der Waals surface area contributed by atoms with Gasteiger partial charge in [0.05, 0.1) is 12.6 Å². The Kier molecular flexibility index (Phi) is 5.26. The average Bonchev–Trinajstić information content (AvgIpc) is 2.17. The van der Waals surface area contributed by atoms with Crippen LogP contribution in [-0.4, -0.2) is 42.0 Å². The fraction of sp³-hybridized carbons (Fsp3) is 0.917. The summed E-state index contributed by atoms with van der Waals surface area (Å²) in [5.74, 6) is 0.646. The van der Waals surface area contributed by atoms with E-state index in [2.05, 4.69) is 0 Å². The molecule has 0 spiro atoms. The largest absolute Gasteiger partial charge is 0.392 e. The molecule has 1 saturated carbocycles. The van der Waals surface area contributed by atoms with E-state index in [4.69, 9.17) is 0 Å². The Bertz CT molecular complexity index is 198. The van der Waals surface area contributed by atoms with Gasteiger partial charge in [-0.25, -0.2) is 0 Å². The van der Waals surface area contributed by atoms with Gasteiger partial charge in [0, 0.05) is 12.5 Å². The number of hydrogen-bond acceptors (Lipinski definition) is 3. The first-order valence-electron chi connectivity index (χ1n) is 5.99. The van der Waals surface area contributed by atoms with Crippen molar-refractivity contribution in [2.45, 2.75) is 45.1 Å². The lowest BCUT2D eigenvalue weighted by Crippen LogP contribution is -2.35. The van der Waals surface area contributed by atoms with Crippen LogP contribution >= 0.6 is 0 Å². The second kappa shape index (κ2) is 6.23. The molecule has 1 unspecified atom stereocenters. The fourth-order valence-electron chi connectivity index (χ4n) is 2.34. The molecule has 1 atom stereocenters. The maximum absolute atomic E-state index is 11.9. The van der Waals surface area contributed by atoms with E-state index in [1.807, 2.05) is 11.9 Å². The van der Waals surface area contributed by atoms with Crippen molar-refractivity contribution in [1.82, 2.24) is 4.90 Å². The number of aliphatic hydroxyl groups excluding tert-OH is 1. The maximum atomic E-state index is 11.9. The zero-order chi connectivity index (χ0) is 11.3. The number of rotatable bonds is 5. The Labute approximate surface area is 92.5 Å². The van der Waals surface area contributed by atoms with Gasteiger partial charge in [-0.3, -0.25) is 9.69 Å². The highest BCUT2D eigenvalue weighted by molar-refractivity contribution is 5.83. The first-order valence-corrected chi connectivity index (χ1v) is 5.99. The van der Waals surface area contributed by atoms with Crippen molar-refractivity contribution < 1.29 is 9.90 Å². The summed E-state index contributed by atoms with van der Waals surface area (Å²) in [6.07, 6.45) is 5.48. The Balaban J connectivity index is 2.27. The van der Waals surface area contributed by atoms with E-state index in [0.717, 1.165) is 12.8 Å². The molecule has 1 N–H and O–H groups in total. The molecule has 1 aliphatic carbocycles. The molecule has 1 rings (SSSR count). The number of carbonyl (C=O) groups excluding carboxylic acids is 1. The lowest BCUT2D eigenvalue weighted by molar-refractivity contribution is -0.124. The Morgan fingerprint density at radius 2 is 2.00 bits per heavy atom. The van der Waals surface area contributed by atoms with E-state index < -0.39 is 0 Å². The monoisotopic (exact) mass is 213 g/mol. The highest BCUT2D eigenvalue weighted by Crippen LogP contribution is 2.24. The van der Waals surface area contributed by atoms with Crippen molar-refractivity contribution >= 4 is 5.78 Å². The third-order valence-corrected chi connectivity index (χ3v) is 3.06. The lowest BCUT2D eigenvalue weighted by atomic mass is 9.86. The van der Waals surface area contributed by atoms with E-state index in [0.29, 0.717) is 18.9 Å². The van der Waals surface area contributed by atoms with E-state index >= 15 is 0 Å². The van der Waals surface area contributed by atoms with Crippen LogP contribution < -0.4 is 0 Å². The summed E-state index contributed by atoms with van der Waals surface area (Å²) in [5, 5.41) is 9.19. The van der Waals surface area contributed by atoms with Crippen LogP contribution in [0.1, 0.15) is 39.0 Å². The fourth-order valence-corrected chi connectivity index (χ4v) is 2.34. The van der Waals surface area contributed by atoms with Crippen molar-refractivity contribution in [1.29, 1.82) is 0 Å². The summed E-state index contributed by atoms with van der Waals surface area (Å²) in [6.45, 7) is 2.83. The molecule has 0 aliphatic heterocycles. The Hall–Kier alpha value is -0.410. The number of nitrogens with zero attached hydrogens (tertiary/aromatic N) is 1. The molecule has 0 amide bonds. The van der Waals surface area contributed by atoms with Crippen LogP contribution in [0.15, 0.2) is 0 Å². The van der Waals surface area contributed by atoms with Crippen LogP contribution in [0.4, 0.5) is 0 Å². The van der Waals surface area contributed by atoms with Crippen LogP contribution in [0.25, 0.3) is 0 Å². The molecule has 0 saturated heterocycles. The highest BCUT2D eigenvalue weighted by atomic mass is 16.3. The lowest BCUT2D eigenvalue weighted by Gasteiger charge is -2.24. The van der Waals surface area contributed by atoms with E-state index in [-0.39, 0.29) is 12.0 Å². The molecule has 3 nitrogen and oxygen atoms in total.